The molecule has 0 saturated heterocycles. The maximum Gasteiger partial charge on any atom is 0.238 e. The van der Waals surface area contributed by atoms with Gasteiger partial charge in [-0.1, -0.05) is 36.4 Å². The summed E-state index contributed by atoms with van der Waals surface area (Å²) in [6.07, 6.45) is 0. The molecule has 0 aromatic heterocycles. The van der Waals surface area contributed by atoms with Gasteiger partial charge < -0.3 is 5.32 Å². The summed E-state index contributed by atoms with van der Waals surface area (Å²) in [6, 6.07) is 14.3. The molecule has 0 heterocycles. The molecule has 0 fully saturated rings. The number of carbonyl (C=O) groups excluding carboxylic acids is 1. The van der Waals surface area contributed by atoms with Gasteiger partial charge in [-0.25, -0.2) is 0 Å². The van der Waals surface area contributed by atoms with Crippen molar-refractivity contribution < 1.29 is 4.79 Å². The number of hydrogen-bond donors (Lipinski definition) is 1. The molecule has 2 aromatic carbocycles. The van der Waals surface area contributed by atoms with Crippen LogP contribution >= 0.6 is 11.6 Å². The summed E-state index contributed by atoms with van der Waals surface area (Å²) in [4.78, 5) is 11.5. The van der Waals surface area contributed by atoms with Crippen LogP contribution in [0.3, 0.4) is 0 Å². The van der Waals surface area contributed by atoms with Gasteiger partial charge in [-0.15, -0.1) is 11.6 Å². The molecular formula is C15H16ClNO. The van der Waals surface area contributed by atoms with Crippen molar-refractivity contribution in [1.29, 1.82) is 0 Å². The van der Waals surface area contributed by atoms with Crippen LogP contribution in [0.5, 0.6) is 0 Å². The molecule has 0 aliphatic heterocycles. The van der Waals surface area contributed by atoms with Gasteiger partial charge >= 0.3 is 0 Å². The summed E-state index contributed by atoms with van der Waals surface area (Å²) in [6.45, 7) is 3.63. The third-order valence-electron chi connectivity index (χ3n) is 2.99. The fourth-order valence-corrected chi connectivity index (χ4v) is 1.95. The van der Waals surface area contributed by atoms with E-state index in [1.165, 1.54) is 10.8 Å². The first-order valence-electron chi connectivity index (χ1n) is 6.01. The van der Waals surface area contributed by atoms with Crippen molar-refractivity contribution in [3.8, 4) is 0 Å². The molecule has 2 rings (SSSR count). The monoisotopic (exact) mass is 261 g/mol. The van der Waals surface area contributed by atoms with Crippen LogP contribution in [0.2, 0.25) is 0 Å². The lowest BCUT2D eigenvalue weighted by atomic mass is 10.0. The molecule has 0 aliphatic rings. The van der Waals surface area contributed by atoms with Gasteiger partial charge in [0.05, 0.1) is 6.04 Å². The van der Waals surface area contributed by atoms with Gasteiger partial charge in [0.25, 0.3) is 0 Å². The fraction of sp³-hybridized carbons (Fsp3) is 0.267. The fourth-order valence-electron chi connectivity index (χ4n) is 1.89. The first-order valence-corrected chi connectivity index (χ1v) is 6.44. The Bertz CT molecular complexity index is 565. The average molecular weight is 262 g/mol. The maximum atomic E-state index is 11.5. The van der Waals surface area contributed by atoms with E-state index in [4.69, 9.17) is 11.6 Å². The van der Waals surface area contributed by atoms with Crippen molar-refractivity contribution >= 4 is 28.3 Å². The lowest BCUT2D eigenvalue weighted by molar-refractivity contribution is -0.121. The van der Waals surface area contributed by atoms with Crippen LogP contribution in [-0.2, 0) is 4.79 Å². The van der Waals surface area contributed by atoms with Crippen LogP contribution in [0.4, 0.5) is 0 Å². The minimum Gasteiger partial charge on any atom is -0.348 e. The van der Waals surface area contributed by atoms with E-state index in [1.807, 2.05) is 25.1 Å². The van der Waals surface area contributed by atoms with E-state index in [9.17, 15) is 4.79 Å². The van der Waals surface area contributed by atoms with Crippen molar-refractivity contribution in [3.05, 3.63) is 48.0 Å². The summed E-state index contributed by atoms with van der Waals surface area (Å²) in [5, 5.41) is 4.76. The summed E-state index contributed by atoms with van der Waals surface area (Å²) in [5.74, 6) is -0.141. The molecule has 0 aliphatic carbocycles. The highest BCUT2D eigenvalue weighted by atomic mass is 35.5. The van der Waals surface area contributed by atoms with E-state index in [1.54, 1.807) is 6.92 Å². The Hall–Kier alpha value is -1.54. The van der Waals surface area contributed by atoms with Crippen LogP contribution < -0.4 is 5.32 Å². The molecule has 0 saturated carbocycles. The van der Waals surface area contributed by atoms with Gasteiger partial charge in [-0.05, 0) is 36.2 Å². The van der Waals surface area contributed by atoms with Gasteiger partial charge in [0.2, 0.25) is 5.91 Å². The van der Waals surface area contributed by atoms with E-state index in [-0.39, 0.29) is 11.9 Å². The quantitative estimate of drug-likeness (QED) is 0.840. The highest BCUT2D eigenvalue weighted by Gasteiger charge is 2.13. The Morgan fingerprint density at radius 2 is 1.78 bits per heavy atom. The third-order valence-corrected chi connectivity index (χ3v) is 3.19. The normalized spacial score (nSPS) is 14.2. The largest absolute Gasteiger partial charge is 0.348 e. The summed E-state index contributed by atoms with van der Waals surface area (Å²) in [7, 11) is 0. The second-order valence-electron chi connectivity index (χ2n) is 4.45. The van der Waals surface area contributed by atoms with Gasteiger partial charge in [0, 0.05) is 0 Å². The van der Waals surface area contributed by atoms with Gasteiger partial charge in [-0.2, -0.15) is 0 Å². The van der Waals surface area contributed by atoms with E-state index in [0.29, 0.717) is 0 Å². The minimum atomic E-state index is -0.507. The number of amides is 1. The zero-order chi connectivity index (χ0) is 13.1. The van der Waals surface area contributed by atoms with Crippen LogP contribution in [0.25, 0.3) is 10.8 Å². The number of alkyl halides is 1. The predicted molar refractivity (Wildman–Crippen MR) is 75.8 cm³/mol. The van der Waals surface area contributed by atoms with Crippen LogP contribution in [0.1, 0.15) is 25.5 Å². The number of rotatable bonds is 3. The highest BCUT2D eigenvalue weighted by molar-refractivity contribution is 6.30. The highest BCUT2D eigenvalue weighted by Crippen LogP contribution is 2.20. The first kappa shape index (κ1) is 12.9. The molecule has 2 atom stereocenters. The SMILES string of the molecule is CC(Cl)C(=O)NC(C)c1ccc2ccccc2c1. The molecule has 2 unspecified atom stereocenters. The van der Waals surface area contributed by atoms with Gasteiger partial charge in [0.15, 0.2) is 0 Å². The Morgan fingerprint density at radius 3 is 2.44 bits per heavy atom. The number of carbonyl (C=O) groups is 1. The van der Waals surface area contributed by atoms with Crippen molar-refractivity contribution in [2.75, 3.05) is 0 Å². The molecule has 0 bridgehead atoms. The number of hydrogen-bond acceptors (Lipinski definition) is 1. The molecule has 2 aromatic rings. The maximum absolute atomic E-state index is 11.5. The van der Waals surface area contributed by atoms with Crippen molar-refractivity contribution in [3.63, 3.8) is 0 Å². The summed E-state index contributed by atoms with van der Waals surface area (Å²) in [5.41, 5.74) is 1.08. The molecule has 0 spiro atoms. The van der Waals surface area contributed by atoms with E-state index >= 15 is 0 Å². The summed E-state index contributed by atoms with van der Waals surface area (Å²) < 4.78 is 0. The molecule has 18 heavy (non-hydrogen) atoms. The van der Waals surface area contributed by atoms with Crippen LogP contribution in [0, 0.1) is 0 Å². The van der Waals surface area contributed by atoms with Crippen molar-refractivity contribution in [2.45, 2.75) is 25.3 Å². The zero-order valence-electron chi connectivity index (χ0n) is 10.5. The van der Waals surface area contributed by atoms with Crippen LogP contribution in [-0.4, -0.2) is 11.3 Å². The molecular weight excluding hydrogens is 246 g/mol. The Labute approximate surface area is 112 Å². The molecule has 3 heteroatoms. The second kappa shape index (κ2) is 5.40. The molecule has 1 amide bonds. The Balaban J connectivity index is 2.22. The topological polar surface area (TPSA) is 29.1 Å². The number of nitrogens with one attached hydrogen (secondary N) is 1. The lowest BCUT2D eigenvalue weighted by Crippen LogP contribution is -2.31. The number of benzene rings is 2. The predicted octanol–water partition coefficient (Wildman–Crippen LogP) is 3.64. The third kappa shape index (κ3) is 2.82. The number of fused-ring (bicyclic) bond motifs is 1. The molecule has 1 N–H and O–H groups in total. The van der Waals surface area contributed by atoms with Gasteiger partial charge in [-0.3, -0.25) is 4.79 Å². The second-order valence-corrected chi connectivity index (χ2v) is 5.11. The molecule has 2 nitrogen and oxygen atoms in total. The van der Waals surface area contributed by atoms with E-state index in [2.05, 4.69) is 29.6 Å². The van der Waals surface area contributed by atoms with Crippen LogP contribution in [0.15, 0.2) is 42.5 Å². The van der Waals surface area contributed by atoms with Gasteiger partial charge in [0.1, 0.15) is 5.38 Å². The molecule has 0 radical (unpaired) electrons. The van der Waals surface area contributed by atoms with Crippen molar-refractivity contribution in [1.82, 2.24) is 5.32 Å². The average Bonchev–Trinajstić information content (AvgIpc) is 2.37. The van der Waals surface area contributed by atoms with E-state index in [0.717, 1.165) is 5.56 Å². The molecule has 94 valence electrons. The zero-order valence-corrected chi connectivity index (χ0v) is 11.2. The Morgan fingerprint density at radius 1 is 1.11 bits per heavy atom. The Kier molecular flexibility index (Phi) is 3.87. The standard InChI is InChI=1S/C15H16ClNO/c1-10(16)15(18)17-11(2)13-8-7-12-5-3-4-6-14(12)9-13/h3-11H,1-2H3,(H,17,18). The smallest absolute Gasteiger partial charge is 0.238 e. The van der Waals surface area contributed by atoms with E-state index < -0.39 is 5.38 Å². The number of halogens is 1. The lowest BCUT2D eigenvalue weighted by Gasteiger charge is -2.16. The minimum absolute atomic E-state index is 0.0386. The first-order chi connectivity index (χ1) is 8.58. The van der Waals surface area contributed by atoms with Crippen molar-refractivity contribution in [2.24, 2.45) is 0 Å². The summed E-state index contributed by atoms with van der Waals surface area (Å²) >= 11 is 5.74.